The van der Waals surface area contributed by atoms with E-state index in [9.17, 15) is 19.8 Å². The van der Waals surface area contributed by atoms with Gasteiger partial charge in [0.2, 0.25) is 6.10 Å². The molecule has 160 valence electrons. The molecule has 2 aromatic carbocycles. The molecule has 3 N–H and O–H groups in total. The number of nitrogens with one attached hydrogen (secondary N) is 1. The number of carbonyl (C=O) groups excluding carboxylic acids is 2. The van der Waals surface area contributed by atoms with Gasteiger partial charge in [-0.2, -0.15) is 5.26 Å². The van der Waals surface area contributed by atoms with Crippen molar-refractivity contribution in [2.24, 2.45) is 0 Å². The van der Waals surface area contributed by atoms with E-state index in [1.165, 1.54) is 4.90 Å². The molecule has 10 nitrogen and oxygen atoms in total. The molecule has 2 heterocycles. The van der Waals surface area contributed by atoms with Gasteiger partial charge in [-0.1, -0.05) is 12.1 Å². The molecular formula is C21H20N4O6. The van der Waals surface area contributed by atoms with E-state index in [1.807, 2.05) is 12.1 Å². The number of nitriles is 1. The van der Waals surface area contributed by atoms with Crippen molar-refractivity contribution >= 4 is 17.6 Å². The van der Waals surface area contributed by atoms with Crippen molar-refractivity contribution in [1.29, 1.82) is 5.26 Å². The molecule has 0 radical (unpaired) electrons. The summed E-state index contributed by atoms with van der Waals surface area (Å²) in [6, 6.07) is 10.7. The lowest BCUT2D eigenvalue weighted by molar-refractivity contribution is -0.142. The molecule has 4 rings (SSSR count). The second-order valence-corrected chi connectivity index (χ2v) is 7.11. The third-order valence-electron chi connectivity index (χ3n) is 5.14. The molecule has 1 atom stereocenters. The van der Waals surface area contributed by atoms with E-state index >= 15 is 0 Å². The fraction of sp³-hybridized carbons (Fsp3) is 0.286. The molecule has 1 fully saturated rings. The fourth-order valence-electron chi connectivity index (χ4n) is 3.44. The van der Waals surface area contributed by atoms with Crippen LogP contribution >= 0.6 is 0 Å². The van der Waals surface area contributed by atoms with Crippen molar-refractivity contribution < 1.29 is 29.3 Å². The van der Waals surface area contributed by atoms with Crippen LogP contribution in [0.25, 0.3) is 0 Å². The highest BCUT2D eigenvalue weighted by atomic mass is 16.6. The first kappa shape index (κ1) is 20.2. The number of hydrogen-bond donors (Lipinski definition) is 3. The van der Waals surface area contributed by atoms with Crippen LogP contribution in [0.5, 0.6) is 23.0 Å². The number of phenolic OH excluding ortho intramolecular Hbond substituents is 2. The Bertz CT molecular complexity index is 1060. The lowest BCUT2D eigenvalue weighted by Gasteiger charge is -2.37. The molecule has 10 heteroatoms. The second-order valence-electron chi connectivity index (χ2n) is 7.11. The van der Waals surface area contributed by atoms with Crippen LogP contribution in [0.3, 0.4) is 0 Å². The maximum Gasteiger partial charge on any atom is 0.322 e. The Balaban J connectivity index is 1.34. The van der Waals surface area contributed by atoms with E-state index in [0.717, 1.165) is 12.1 Å². The number of piperazine rings is 1. The number of anilines is 1. The number of aromatic hydroxyl groups is 2. The molecule has 2 aliphatic heterocycles. The SMILES string of the molecule is N#Cc1cc(O)c(O)cc1NC(=O)N1CCN(C(=O)C2COc3ccccc3O2)CC1. The fourth-order valence-corrected chi connectivity index (χ4v) is 3.44. The average Bonchev–Trinajstić information content (AvgIpc) is 2.80. The Hall–Kier alpha value is -4.13. The number of rotatable bonds is 2. The predicted octanol–water partition coefficient (Wildman–Crippen LogP) is 1.49. The van der Waals surface area contributed by atoms with Gasteiger partial charge in [-0.25, -0.2) is 4.79 Å². The van der Waals surface area contributed by atoms with E-state index in [1.54, 1.807) is 23.1 Å². The third kappa shape index (κ3) is 4.11. The number of para-hydroxylation sites is 2. The standard InChI is InChI=1S/C21H20N4O6/c22-11-13-9-15(26)16(27)10-14(13)23-21(29)25-7-5-24(6-8-25)20(28)19-12-30-17-3-1-2-4-18(17)31-19/h1-4,9-10,19,26-27H,5-8,12H2,(H,23,29). The van der Waals surface area contributed by atoms with Gasteiger partial charge < -0.3 is 34.8 Å². The number of fused-ring (bicyclic) bond motifs is 1. The van der Waals surface area contributed by atoms with Gasteiger partial charge in [-0.15, -0.1) is 0 Å². The summed E-state index contributed by atoms with van der Waals surface area (Å²) in [4.78, 5) is 28.5. The summed E-state index contributed by atoms with van der Waals surface area (Å²) in [7, 11) is 0. The zero-order valence-electron chi connectivity index (χ0n) is 16.4. The van der Waals surface area contributed by atoms with Gasteiger partial charge in [0.25, 0.3) is 5.91 Å². The molecule has 0 aliphatic carbocycles. The zero-order valence-corrected chi connectivity index (χ0v) is 16.4. The lowest BCUT2D eigenvalue weighted by atomic mass is 10.1. The maximum atomic E-state index is 12.8. The smallest absolute Gasteiger partial charge is 0.322 e. The lowest BCUT2D eigenvalue weighted by Crippen LogP contribution is -2.55. The molecule has 0 aromatic heterocycles. The quantitative estimate of drug-likeness (QED) is 0.491. The first-order valence-electron chi connectivity index (χ1n) is 9.65. The summed E-state index contributed by atoms with van der Waals surface area (Å²) in [5.74, 6) is 0.0320. The average molecular weight is 424 g/mol. The Morgan fingerprint density at radius 1 is 1.03 bits per heavy atom. The van der Waals surface area contributed by atoms with Crippen molar-refractivity contribution in [2.45, 2.75) is 6.10 Å². The predicted molar refractivity (Wildman–Crippen MR) is 108 cm³/mol. The van der Waals surface area contributed by atoms with Crippen molar-refractivity contribution in [3.8, 4) is 29.1 Å². The number of nitrogens with zero attached hydrogens (tertiary/aromatic N) is 3. The van der Waals surface area contributed by atoms with Crippen molar-refractivity contribution in [3.05, 3.63) is 42.0 Å². The molecular weight excluding hydrogens is 404 g/mol. The number of hydrogen-bond acceptors (Lipinski definition) is 7. The number of benzene rings is 2. The van der Waals surface area contributed by atoms with Gasteiger partial charge in [0.05, 0.1) is 11.3 Å². The van der Waals surface area contributed by atoms with Crippen LogP contribution in [-0.4, -0.2) is 70.8 Å². The Morgan fingerprint density at radius 3 is 2.39 bits per heavy atom. The van der Waals surface area contributed by atoms with Gasteiger partial charge in [0.1, 0.15) is 12.7 Å². The van der Waals surface area contributed by atoms with Crippen molar-refractivity contribution in [1.82, 2.24) is 9.80 Å². The Morgan fingerprint density at radius 2 is 1.68 bits per heavy atom. The number of urea groups is 1. The molecule has 0 saturated carbocycles. The molecule has 2 aliphatic rings. The van der Waals surface area contributed by atoms with Gasteiger partial charge >= 0.3 is 6.03 Å². The maximum absolute atomic E-state index is 12.8. The highest BCUT2D eigenvalue weighted by Crippen LogP contribution is 2.32. The molecule has 0 spiro atoms. The van der Waals surface area contributed by atoms with Crippen molar-refractivity contribution in [3.63, 3.8) is 0 Å². The van der Waals surface area contributed by atoms with Gasteiger partial charge in [0.15, 0.2) is 23.0 Å². The van der Waals surface area contributed by atoms with E-state index in [0.29, 0.717) is 24.6 Å². The molecule has 2 aromatic rings. The summed E-state index contributed by atoms with van der Waals surface area (Å²) >= 11 is 0. The molecule has 3 amide bonds. The van der Waals surface area contributed by atoms with E-state index in [4.69, 9.17) is 14.7 Å². The summed E-state index contributed by atoms with van der Waals surface area (Å²) in [6.07, 6.45) is -0.742. The minimum Gasteiger partial charge on any atom is -0.504 e. The first-order valence-corrected chi connectivity index (χ1v) is 9.65. The van der Waals surface area contributed by atoms with Gasteiger partial charge in [-0.05, 0) is 12.1 Å². The molecule has 31 heavy (non-hydrogen) atoms. The van der Waals surface area contributed by atoms with Crippen molar-refractivity contribution in [2.75, 3.05) is 38.1 Å². The Labute approximate surface area is 177 Å². The summed E-state index contributed by atoms with van der Waals surface area (Å²) in [5, 5.41) is 30.9. The third-order valence-corrected chi connectivity index (χ3v) is 5.14. The second kappa shape index (κ2) is 8.31. The summed E-state index contributed by atoms with van der Waals surface area (Å²) < 4.78 is 11.4. The molecule has 1 unspecified atom stereocenters. The Kier molecular flexibility index (Phi) is 5.41. The minimum absolute atomic E-state index is 0.0205. The molecule has 1 saturated heterocycles. The van der Waals surface area contributed by atoms with Crippen LogP contribution in [0.4, 0.5) is 10.5 Å². The molecule has 0 bridgehead atoms. The topological polar surface area (TPSA) is 135 Å². The zero-order chi connectivity index (χ0) is 22.0. The highest BCUT2D eigenvalue weighted by molar-refractivity contribution is 5.91. The normalized spacial score (nSPS) is 17.6. The number of ether oxygens (including phenoxy) is 2. The van der Waals surface area contributed by atoms with E-state index in [-0.39, 0.29) is 36.9 Å². The van der Waals surface area contributed by atoms with E-state index in [2.05, 4.69) is 5.32 Å². The van der Waals surface area contributed by atoms with Crippen LogP contribution in [-0.2, 0) is 4.79 Å². The largest absolute Gasteiger partial charge is 0.504 e. The van der Waals surface area contributed by atoms with Gasteiger partial charge in [-0.3, -0.25) is 4.79 Å². The summed E-state index contributed by atoms with van der Waals surface area (Å²) in [6.45, 7) is 1.33. The number of phenols is 2. The van der Waals surface area contributed by atoms with Crippen LogP contribution in [0, 0.1) is 11.3 Å². The highest BCUT2D eigenvalue weighted by Gasteiger charge is 2.33. The summed E-state index contributed by atoms with van der Waals surface area (Å²) in [5.41, 5.74) is 0.111. The number of carbonyl (C=O) groups is 2. The monoisotopic (exact) mass is 424 g/mol. The minimum atomic E-state index is -0.742. The first-order chi connectivity index (χ1) is 15.0. The van der Waals surface area contributed by atoms with Crippen LogP contribution in [0.1, 0.15) is 5.56 Å². The van der Waals surface area contributed by atoms with Crippen LogP contribution in [0.2, 0.25) is 0 Å². The van der Waals surface area contributed by atoms with E-state index < -0.39 is 23.6 Å². The van der Waals surface area contributed by atoms with Gasteiger partial charge in [0, 0.05) is 38.3 Å². The van der Waals surface area contributed by atoms with Crippen LogP contribution in [0.15, 0.2) is 36.4 Å². The number of amides is 3. The van der Waals surface area contributed by atoms with Crippen LogP contribution < -0.4 is 14.8 Å².